The highest BCUT2D eigenvalue weighted by Gasteiger charge is 2.25. The van der Waals surface area contributed by atoms with Crippen LogP contribution in [0, 0.1) is 0 Å². The van der Waals surface area contributed by atoms with Gasteiger partial charge in [-0.2, -0.15) is 4.98 Å². The molecule has 0 saturated carbocycles. The highest BCUT2D eigenvalue weighted by atomic mass is 35.5. The van der Waals surface area contributed by atoms with E-state index in [9.17, 15) is 9.90 Å². The van der Waals surface area contributed by atoms with Gasteiger partial charge >= 0.3 is 6.03 Å². The van der Waals surface area contributed by atoms with Crippen LogP contribution in [0.1, 0.15) is 20.8 Å². The van der Waals surface area contributed by atoms with Gasteiger partial charge in [0, 0.05) is 12.3 Å². The molecule has 3 aromatic rings. The fourth-order valence-corrected chi connectivity index (χ4v) is 3.38. The predicted octanol–water partition coefficient (Wildman–Crippen LogP) is 6.39. The Bertz CT molecular complexity index is 1170. The molecule has 1 unspecified atom stereocenters. The smallest absolute Gasteiger partial charge is 0.332 e. The number of carbonyl (C=O) groups excluding carboxylic acids is 1. The Morgan fingerprint density at radius 3 is 2.35 bits per heavy atom. The lowest BCUT2D eigenvalue weighted by Gasteiger charge is -2.27. The molecule has 0 aliphatic carbocycles. The number of aliphatic hydroxyl groups is 1. The predicted molar refractivity (Wildman–Crippen MR) is 137 cm³/mol. The minimum atomic E-state index is -1.02. The van der Waals surface area contributed by atoms with E-state index in [0.29, 0.717) is 11.4 Å². The maximum Gasteiger partial charge on any atom is 0.332 e. The maximum atomic E-state index is 13.4. The zero-order valence-electron chi connectivity index (χ0n) is 18.9. The molecule has 180 valence electrons. The summed E-state index contributed by atoms with van der Waals surface area (Å²) >= 11 is 18.4. The number of aromatic nitrogens is 2. The molecule has 2 aromatic carbocycles. The number of rotatable bonds is 7. The van der Waals surface area contributed by atoms with E-state index in [0.717, 1.165) is 0 Å². The Kier molecular flexibility index (Phi) is 8.09. The number of hydrogen-bond donors (Lipinski definition) is 3. The number of hydrogen-bond acceptors (Lipinski definition) is 6. The van der Waals surface area contributed by atoms with Crippen molar-refractivity contribution in [2.75, 3.05) is 22.6 Å². The number of urea groups is 1. The molecule has 1 heterocycles. The molecule has 34 heavy (non-hydrogen) atoms. The van der Waals surface area contributed by atoms with Crippen LogP contribution in [0.2, 0.25) is 15.1 Å². The van der Waals surface area contributed by atoms with Gasteiger partial charge in [0.05, 0.1) is 45.2 Å². The molecule has 11 heteroatoms. The summed E-state index contributed by atoms with van der Waals surface area (Å²) in [5.41, 5.74) is -0.228. The van der Waals surface area contributed by atoms with Gasteiger partial charge in [-0.05, 0) is 57.2 Å². The Hall–Kier alpha value is -2.78. The van der Waals surface area contributed by atoms with Crippen molar-refractivity contribution in [3.63, 3.8) is 0 Å². The summed E-state index contributed by atoms with van der Waals surface area (Å²) in [6.45, 7) is 5.15. The number of nitrogens with zero attached hydrogens (tertiary/aromatic N) is 3. The zero-order valence-corrected chi connectivity index (χ0v) is 21.2. The molecule has 0 fully saturated rings. The average molecular weight is 525 g/mol. The van der Waals surface area contributed by atoms with Crippen molar-refractivity contribution < 1.29 is 14.6 Å². The first-order valence-electron chi connectivity index (χ1n) is 10.2. The molecule has 0 saturated heterocycles. The van der Waals surface area contributed by atoms with Crippen molar-refractivity contribution in [1.29, 1.82) is 0 Å². The van der Waals surface area contributed by atoms with Crippen molar-refractivity contribution >= 4 is 64.0 Å². The van der Waals surface area contributed by atoms with Crippen molar-refractivity contribution in [3.8, 4) is 5.75 Å². The van der Waals surface area contributed by atoms with Crippen LogP contribution in [0.25, 0.3) is 0 Å². The highest BCUT2D eigenvalue weighted by molar-refractivity contribution is 6.44. The number of ether oxygens (including phenoxy) is 1. The summed E-state index contributed by atoms with van der Waals surface area (Å²) in [7, 11) is 1.55. The fourth-order valence-electron chi connectivity index (χ4n) is 2.79. The van der Waals surface area contributed by atoms with Crippen molar-refractivity contribution in [2.24, 2.45) is 0 Å². The molecule has 0 bridgehead atoms. The zero-order chi connectivity index (χ0) is 25.0. The lowest BCUT2D eigenvalue weighted by atomic mass is 10.0. The van der Waals surface area contributed by atoms with Gasteiger partial charge in [-0.15, -0.1) is 0 Å². The van der Waals surface area contributed by atoms with E-state index in [2.05, 4.69) is 20.6 Å². The molecular weight excluding hydrogens is 501 g/mol. The number of carbonyl (C=O) groups is 1. The number of amides is 2. The summed E-state index contributed by atoms with van der Waals surface area (Å²) in [5.74, 6) is 1.14. The van der Waals surface area contributed by atoms with Crippen molar-refractivity contribution in [2.45, 2.75) is 32.4 Å². The minimum Gasteiger partial charge on any atom is -0.497 e. The standard InChI is InChI=1S/C23H24Cl3N5O3/c1-13(23(2,3)33)28-21-27-10-9-20(30-21)31(14-5-7-15(34-4)8-6-14)22(32)29-19-12-17(25)16(24)11-18(19)26/h5-13,33H,1-4H3,(H,29,32)(H,27,28,30). The molecule has 3 rings (SSSR count). The van der Waals surface area contributed by atoms with Crippen LogP contribution < -0.4 is 20.3 Å². The van der Waals surface area contributed by atoms with Crippen LogP contribution in [-0.2, 0) is 0 Å². The van der Waals surface area contributed by atoms with Crippen LogP contribution in [0.4, 0.5) is 27.9 Å². The number of benzene rings is 2. The van der Waals surface area contributed by atoms with E-state index >= 15 is 0 Å². The van der Waals surface area contributed by atoms with Gasteiger partial charge in [0.25, 0.3) is 0 Å². The van der Waals surface area contributed by atoms with Crippen LogP contribution in [0.3, 0.4) is 0 Å². The lowest BCUT2D eigenvalue weighted by Crippen LogP contribution is -2.40. The summed E-state index contributed by atoms with van der Waals surface area (Å²) in [5, 5.41) is 16.8. The monoisotopic (exact) mass is 523 g/mol. The Morgan fingerprint density at radius 1 is 1.09 bits per heavy atom. The summed E-state index contributed by atoms with van der Waals surface area (Å²) < 4.78 is 5.22. The third-order valence-corrected chi connectivity index (χ3v) is 6.10. The third kappa shape index (κ3) is 6.21. The van der Waals surface area contributed by atoms with Crippen molar-refractivity contribution in [3.05, 3.63) is 63.7 Å². The Morgan fingerprint density at radius 2 is 1.74 bits per heavy atom. The molecule has 0 radical (unpaired) electrons. The van der Waals surface area contributed by atoms with Gasteiger partial charge in [0.1, 0.15) is 11.6 Å². The number of methoxy groups -OCH3 is 1. The van der Waals surface area contributed by atoms with Gasteiger partial charge < -0.3 is 20.5 Å². The number of halogens is 3. The summed E-state index contributed by atoms with van der Waals surface area (Å²) in [4.78, 5) is 23.5. The second-order valence-corrected chi connectivity index (χ2v) is 9.19. The first-order chi connectivity index (χ1) is 16.0. The first kappa shape index (κ1) is 25.8. The molecular formula is C23H24Cl3N5O3. The number of nitrogens with one attached hydrogen (secondary N) is 2. The van der Waals surface area contributed by atoms with E-state index < -0.39 is 11.6 Å². The topological polar surface area (TPSA) is 99.6 Å². The molecule has 0 aliphatic heterocycles. The van der Waals surface area contributed by atoms with E-state index in [1.807, 2.05) is 0 Å². The van der Waals surface area contributed by atoms with Gasteiger partial charge in [-0.1, -0.05) is 34.8 Å². The van der Waals surface area contributed by atoms with Gasteiger partial charge in [0.15, 0.2) is 0 Å². The molecule has 1 aromatic heterocycles. The maximum absolute atomic E-state index is 13.4. The first-order valence-corrected chi connectivity index (χ1v) is 11.3. The number of anilines is 4. The highest BCUT2D eigenvalue weighted by Crippen LogP contribution is 2.34. The third-order valence-electron chi connectivity index (χ3n) is 5.06. The largest absolute Gasteiger partial charge is 0.497 e. The second kappa shape index (κ2) is 10.7. The van der Waals surface area contributed by atoms with Crippen LogP contribution in [0.5, 0.6) is 5.75 Å². The van der Waals surface area contributed by atoms with Crippen LogP contribution >= 0.6 is 34.8 Å². The van der Waals surface area contributed by atoms with E-state index in [-0.39, 0.29) is 38.6 Å². The van der Waals surface area contributed by atoms with Crippen LogP contribution in [0.15, 0.2) is 48.7 Å². The average Bonchev–Trinajstić information content (AvgIpc) is 2.78. The summed E-state index contributed by atoms with van der Waals surface area (Å²) in [6.07, 6.45) is 1.51. The van der Waals surface area contributed by atoms with Gasteiger partial charge in [0.2, 0.25) is 5.95 Å². The lowest BCUT2D eigenvalue weighted by molar-refractivity contribution is 0.0646. The molecule has 3 N–H and O–H groups in total. The molecule has 8 nitrogen and oxygen atoms in total. The van der Waals surface area contributed by atoms with Crippen LogP contribution in [-0.4, -0.2) is 39.9 Å². The SMILES string of the molecule is COc1ccc(N(C(=O)Nc2cc(Cl)c(Cl)cc2Cl)c2ccnc(NC(C)C(C)(C)O)n2)cc1. The Labute approximate surface area is 212 Å². The molecule has 1 atom stereocenters. The molecule has 0 spiro atoms. The quantitative estimate of drug-likeness (QED) is 0.310. The Balaban J connectivity index is 2.00. The van der Waals surface area contributed by atoms with Gasteiger partial charge in [-0.3, -0.25) is 0 Å². The van der Waals surface area contributed by atoms with E-state index in [1.165, 1.54) is 23.2 Å². The van der Waals surface area contributed by atoms with Crippen molar-refractivity contribution in [1.82, 2.24) is 9.97 Å². The molecule has 0 aliphatic rings. The van der Waals surface area contributed by atoms with Gasteiger partial charge in [-0.25, -0.2) is 14.7 Å². The fraction of sp³-hybridized carbons (Fsp3) is 0.261. The normalized spacial score (nSPS) is 12.1. The second-order valence-electron chi connectivity index (χ2n) is 7.97. The molecule has 2 amide bonds. The summed E-state index contributed by atoms with van der Waals surface area (Å²) in [6, 6.07) is 10.5. The van der Waals surface area contributed by atoms with E-state index in [1.54, 1.807) is 58.2 Å². The van der Waals surface area contributed by atoms with E-state index in [4.69, 9.17) is 39.5 Å². The minimum absolute atomic E-state index is 0.224.